The van der Waals surface area contributed by atoms with Gasteiger partial charge in [0.2, 0.25) is 5.91 Å². The van der Waals surface area contributed by atoms with Crippen LogP contribution >= 0.6 is 0 Å². The Morgan fingerprint density at radius 2 is 1.57 bits per heavy atom. The van der Waals surface area contributed by atoms with Crippen LogP contribution in [0.2, 0.25) is 0 Å². The molecule has 8 nitrogen and oxygen atoms in total. The van der Waals surface area contributed by atoms with E-state index < -0.39 is 16.4 Å². The Hall–Kier alpha value is -2.33. The second-order valence-electron chi connectivity index (χ2n) is 5.03. The normalized spacial score (nSPS) is 14.8. The van der Waals surface area contributed by atoms with Gasteiger partial charge in [0.1, 0.15) is 0 Å². The lowest BCUT2D eigenvalue weighted by molar-refractivity contribution is -0.996. The van der Waals surface area contributed by atoms with Crippen molar-refractivity contribution in [3.8, 4) is 0 Å². The minimum Gasteiger partial charge on any atom is -0.595 e. The molecule has 0 fully saturated rings. The number of rotatable bonds is 5. The molecule has 122 valence electrons. The molecule has 23 heavy (non-hydrogen) atoms. The van der Waals surface area contributed by atoms with Crippen LogP contribution in [0.3, 0.4) is 0 Å². The molecule has 8 heteroatoms. The molecule has 0 aromatic heterocycles. The van der Waals surface area contributed by atoms with Crippen molar-refractivity contribution in [1.82, 2.24) is 0 Å². The molecule has 0 spiro atoms. The zero-order valence-electron chi connectivity index (χ0n) is 12.3. The van der Waals surface area contributed by atoms with Crippen LogP contribution in [0.5, 0.6) is 0 Å². The Labute approximate surface area is 132 Å². The first-order chi connectivity index (χ1) is 10.9. The third-order valence-corrected chi connectivity index (χ3v) is 3.39. The summed E-state index contributed by atoms with van der Waals surface area (Å²) in [6, 6.07) is 12.6. The molecule has 0 aliphatic carbocycles. The molecule has 2 aromatic rings. The lowest BCUT2D eigenvalue weighted by Crippen LogP contribution is -3.00. The summed E-state index contributed by atoms with van der Waals surface area (Å²) in [5.74, 6) is -0.812. The number of hydrogen-bond acceptors (Lipinski definition) is 5. The Bertz CT molecular complexity index is 650. The topological polar surface area (TPSA) is 125 Å². The fraction of sp³-hybridized carbons (Fsp3) is 0.133. The summed E-state index contributed by atoms with van der Waals surface area (Å²) in [7, 11) is 0. The van der Waals surface area contributed by atoms with Gasteiger partial charge in [-0.25, -0.2) is 10.4 Å². The summed E-state index contributed by atoms with van der Waals surface area (Å²) in [5, 5.41) is 40.2. The van der Waals surface area contributed by atoms with Gasteiger partial charge in [0.15, 0.2) is 11.4 Å². The van der Waals surface area contributed by atoms with E-state index in [1.54, 1.807) is 19.1 Å². The molecule has 5 N–H and O–H groups in total. The Morgan fingerprint density at radius 3 is 2.04 bits per heavy atom. The number of amides is 1. The number of nitrogens with one attached hydrogen (secondary N) is 3. The number of anilines is 1. The fourth-order valence-corrected chi connectivity index (χ4v) is 2.09. The van der Waals surface area contributed by atoms with Gasteiger partial charge >= 0.3 is 0 Å². The summed E-state index contributed by atoms with van der Waals surface area (Å²) in [4.78, 5) is 12.3. The molecule has 1 amide bonds. The van der Waals surface area contributed by atoms with E-state index in [0.717, 1.165) is 11.6 Å². The summed E-state index contributed by atoms with van der Waals surface area (Å²) in [6.45, 7) is 1.71. The minimum atomic E-state index is -1.26. The largest absolute Gasteiger partial charge is 0.595 e. The molecule has 2 aromatic carbocycles. The quantitative estimate of drug-likeness (QED) is 0.505. The third-order valence-electron chi connectivity index (χ3n) is 3.39. The predicted octanol–water partition coefficient (Wildman–Crippen LogP) is 0.236. The van der Waals surface area contributed by atoms with Crippen LogP contribution < -0.4 is 15.8 Å². The van der Waals surface area contributed by atoms with E-state index >= 15 is 0 Å². The highest BCUT2D eigenvalue weighted by molar-refractivity contribution is 5.96. The van der Waals surface area contributed by atoms with Gasteiger partial charge in [0.25, 0.3) is 0 Å². The third kappa shape index (κ3) is 4.33. The summed E-state index contributed by atoms with van der Waals surface area (Å²) in [6.07, 6.45) is 0. The van der Waals surface area contributed by atoms with Crippen molar-refractivity contribution < 1.29 is 25.7 Å². The van der Waals surface area contributed by atoms with E-state index in [0.29, 0.717) is 0 Å². The maximum Gasteiger partial charge on any atom is 0.231 e. The molecule has 0 aliphatic rings. The predicted molar refractivity (Wildman–Crippen MR) is 81.5 cm³/mol. The molecule has 0 heterocycles. The van der Waals surface area contributed by atoms with Crippen molar-refractivity contribution in [2.24, 2.45) is 0 Å². The van der Waals surface area contributed by atoms with Crippen LogP contribution in [0.25, 0.3) is 0 Å². The zero-order chi connectivity index (χ0) is 17.0. The first-order valence-corrected chi connectivity index (χ1v) is 6.86. The molecule has 0 saturated carbocycles. The van der Waals surface area contributed by atoms with Crippen molar-refractivity contribution in [3.63, 3.8) is 0 Å². The maximum atomic E-state index is 12.3. The Balaban J connectivity index is 2.23. The number of carbonyl (C=O) groups is 1. The SMILES string of the molecule is C[C@@H](C(=O)Nc1cc([NH+]([O-])O)cc([NH+]([O-])O)c1)c1ccccc1. The van der Waals surface area contributed by atoms with Gasteiger partial charge in [0, 0.05) is 12.1 Å². The molecule has 0 radical (unpaired) electrons. The van der Waals surface area contributed by atoms with Gasteiger partial charge in [-0.3, -0.25) is 4.79 Å². The van der Waals surface area contributed by atoms with E-state index in [1.807, 2.05) is 18.2 Å². The summed E-state index contributed by atoms with van der Waals surface area (Å²) >= 11 is 0. The van der Waals surface area contributed by atoms with Crippen LogP contribution in [0.4, 0.5) is 17.1 Å². The van der Waals surface area contributed by atoms with Gasteiger partial charge in [-0.1, -0.05) is 30.3 Å². The molecular formula is C15H17N3O5. The van der Waals surface area contributed by atoms with E-state index in [-0.39, 0.29) is 23.0 Å². The van der Waals surface area contributed by atoms with Gasteiger partial charge < -0.3 is 15.7 Å². The molecule has 3 atom stereocenters. The van der Waals surface area contributed by atoms with Crippen LogP contribution in [-0.4, -0.2) is 16.3 Å². The molecular weight excluding hydrogens is 302 g/mol. The Kier molecular flexibility index (Phi) is 5.40. The van der Waals surface area contributed by atoms with E-state index in [1.165, 1.54) is 12.1 Å². The highest BCUT2D eigenvalue weighted by atomic mass is 16.8. The lowest BCUT2D eigenvalue weighted by atomic mass is 10.0. The zero-order valence-corrected chi connectivity index (χ0v) is 12.3. The van der Waals surface area contributed by atoms with Crippen molar-refractivity contribution in [3.05, 3.63) is 64.5 Å². The lowest BCUT2D eigenvalue weighted by Gasteiger charge is -2.18. The summed E-state index contributed by atoms with van der Waals surface area (Å²) < 4.78 is 0. The molecule has 0 bridgehead atoms. The second-order valence-corrected chi connectivity index (χ2v) is 5.03. The van der Waals surface area contributed by atoms with Crippen LogP contribution in [-0.2, 0) is 4.79 Å². The number of quaternary nitrogens is 2. The smallest absolute Gasteiger partial charge is 0.231 e. The van der Waals surface area contributed by atoms with Gasteiger partial charge in [-0.15, -0.1) is 0 Å². The van der Waals surface area contributed by atoms with E-state index in [4.69, 9.17) is 10.4 Å². The Morgan fingerprint density at radius 1 is 1.04 bits per heavy atom. The number of hydrogen-bond donors (Lipinski definition) is 5. The van der Waals surface area contributed by atoms with Crippen molar-refractivity contribution in [2.45, 2.75) is 12.8 Å². The molecule has 2 rings (SSSR count). The first kappa shape index (κ1) is 17.0. The van der Waals surface area contributed by atoms with Crippen molar-refractivity contribution >= 4 is 23.0 Å². The standard InChI is InChI=1S/C15H17N3O5/c1-10(11-5-3-2-4-6-11)15(19)16-12-7-13(17(20)21)9-14(8-12)18(22)23/h2-10,17-18,20,22H,1H3,(H,16,19)/t10-/m1/s1. The minimum absolute atomic E-state index is 0.134. The van der Waals surface area contributed by atoms with Crippen LogP contribution in [0.15, 0.2) is 48.5 Å². The van der Waals surface area contributed by atoms with Gasteiger partial charge in [0.05, 0.1) is 17.7 Å². The molecule has 0 aliphatic heterocycles. The number of benzene rings is 2. The second kappa shape index (κ2) is 7.29. The summed E-state index contributed by atoms with van der Waals surface area (Å²) in [5.41, 5.74) is 0.535. The van der Waals surface area contributed by atoms with Gasteiger partial charge in [-0.05, 0) is 12.5 Å². The van der Waals surface area contributed by atoms with Crippen LogP contribution in [0, 0.1) is 10.4 Å². The van der Waals surface area contributed by atoms with Crippen LogP contribution in [0.1, 0.15) is 18.4 Å². The van der Waals surface area contributed by atoms with Crippen molar-refractivity contribution in [1.29, 1.82) is 0 Å². The number of carbonyl (C=O) groups excluding carboxylic acids is 1. The monoisotopic (exact) mass is 319 g/mol. The first-order valence-electron chi connectivity index (χ1n) is 6.86. The highest BCUT2D eigenvalue weighted by Gasteiger charge is 2.17. The fourth-order valence-electron chi connectivity index (χ4n) is 2.09. The van der Waals surface area contributed by atoms with Crippen molar-refractivity contribution in [2.75, 3.05) is 5.32 Å². The van der Waals surface area contributed by atoms with Gasteiger partial charge in [-0.2, -0.15) is 10.5 Å². The van der Waals surface area contributed by atoms with E-state index in [2.05, 4.69) is 5.32 Å². The molecule has 0 saturated heterocycles. The van der Waals surface area contributed by atoms with E-state index in [9.17, 15) is 15.2 Å². The average Bonchev–Trinajstić information content (AvgIpc) is 2.54. The molecule has 2 unspecified atom stereocenters. The highest BCUT2D eigenvalue weighted by Crippen LogP contribution is 2.21. The maximum absolute atomic E-state index is 12.3. The average molecular weight is 319 g/mol.